The van der Waals surface area contributed by atoms with Crippen molar-refractivity contribution in [2.45, 2.75) is 24.5 Å². The number of ether oxygens (including phenoxy) is 2. The maximum absolute atomic E-state index is 12.3. The lowest BCUT2D eigenvalue weighted by Gasteiger charge is -2.17. The summed E-state index contributed by atoms with van der Waals surface area (Å²) in [6.07, 6.45) is -1.42. The van der Waals surface area contributed by atoms with Gasteiger partial charge in [-0.25, -0.2) is 9.59 Å². The Morgan fingerprint density at radius 2 is 2.00 bits per heavy atom. The van der Waals surface area contributed by atoms with Crippen molar-refractivity contribution < 1.29 is 34.4 Å². The summed E-state index contributed by atoms with van der Waals surface area (Å²) in [7, 11) is 1.20. The van der Waals surface area contributed by atoms with Gasteiger partial charge in [0.05, 0.1) is 24.8 Å². The first-order chi connectivity index (χ1) is 13.8. The minimum absolute atomic E-state index is 0.0438. The molecule has 3 heterocycles. The van der Waals surface area contributed by atoms with Crippen LogP contribution in [0.1, 0.15) is 26.9 Å². The zero-order valence-corrected chi connectivity index (χ0v) is 15.1. The van der Waals surface area contributed by atoms with E-state index in [-0.39, 0.29) is 16.9 Å². The molecule has 0 saturated carbocycles. The van der Waals surface area contributed by atoms with Gasteiger partial charge in [-0.1, -0.05) is 0 Å². The second kappa shape index (κ2) is 8.45. The number of carbonyl (C=O) groups is 2. The van der Waals surface area contributed by atoms with Gasteiger partial charge in [-0.2, -0.15) is 4.98 Å². The van der Waals surface area contributed by atoms with Crippen LogP contribution in [-0.4, -0.2) is 73.8 Å². The predicted octanol–water partition coefficient (Wildman–Crippen LogP) is -1.71. The number of methoxy groups -OCH3 is 1. The van der Waals surface area contributed by atoms with E-state index in [0.717, 1.165) is 4.57 Å². The van der Waals surface area contributed by atoms with Crippen LogP contribution in [0.4, 0.5) is 5.82 Å². The van der Waals surface area contributed by atoms with Crippen molar-refractivity contribution in [3.63, 3.8) is 0 Å². The van der Waals surface area contributed by atoms with Crippen LogP contribution in [0.25, 0.3) is 0 Å². The smallest absolute Gasteiger partial charge is 0.351 e. The molecule has 0 aromatic carbocycles. The molecular formula is C17H18N4O8. The number of aliphatic hydroxyl groups excluding tert-OH is 3. The van der Waals surface area contributed by atoms with E-state index >= 15 is 0 Å². The molecule has 1 amide bonds. The number of anilines is 1. The van der Waals surface area contributed by atoms with E-state index in [1.165, 1.54) is 37.8 Å². The molecule has 1 saturated heterocycles. The molecule has 1 fully saturated rings. The van der Waals surface area contributed by atoms with E-state index in [9.17, 15) is 24.6 Å². The molecule has 29 heavy (non-hydrogen) atoms. The van der Waals surface area contributed by atoms with Crippen molar-refractivity contribution in [1.82, 2.24) is 14.5 Å². The number of hydrogen-bond donors (Lipinski definition) is 4. The molecule has 12 heteroatoms. The van der Waals surface area contributed by atoms with E-state index in [1.54, 1.807) is 0 Å². The molecule has 12 nitrogen and oxygen atoms in total. The summed E-state index contributed by atoms with van der Waals surface area (Å²) in [4.78, 5) is 43.6. The molecule has 3 rings (SSSR count). The normalized spacial score (nSPS) is 23.6. The van der Waals surface area contributed by atoms with Crippen LogP contribution in [0.15, 0.2) is 35.5 Å². The van der Waals surface area contributed by atoms with Crippen LogP contribution in [0, 0.1) is 0 Å². The monoisotopic (exact) mass is 406 g/mol. The molecule has 4 atom stereocenters. The summed E-state index contributed by atoms with van der Waals surface area (Å²) in [5, 5.41) is 31.3. The summed E-state index contributed by atoms with van der Waals surface area (Å²) in [6.45, 7) is -0.538. The highest BCUT2D eigenvalue weighted by Crippen LogP contribution is 2.28. The first-order valence-electron chi connectivity index (χ1n) is 8.42. The molecule has 1 aliphatic rings. The van der Waals surface area contributed by atoms with Crippen LogP contribution < -0.4 is 11.0 Å². The van der Waals surface area contributed by atoms with Crippen LogP contribution in [0.2, 0.25) is 0 Å². The molecule has 4 unspecified atom stereocenters. The first kappa shape index (κ1) is 20.5. The van der Waals surface area contributed by atoms with Gasteiger partial charge in [0, 0.05) is 18.6 Å². The zero-order chi connectivity index (χ0) is 21.1. The fourth-order valence-corrected chi connectivity index (χ4v) is 2.77. The Hall–Kier alpha value is -3.19. The molecule has 0 bridgehead atoms. The molecule has 1 aliphatic heterocycles. The lowest BCUT2D eigenvalue weighted by atomic mass is 10.1. The minimum atomic E-state index is -1.45. The SMILES string of the molecule is COC(=O)c1cncc(C(=O)Nc2ccn(C3OC(CO)C(O)C3O)c(=O)n2)c1. The molecular weight excluding hydrogens is 388 g/mol. The number of aromatic nitrogens is 3. The largest absolute Gasteiger partial charge is 0.465 e. The summed E-state index contributed by atoms with van der Waals surface area (Å²) >= 11 is 0. The van der Waals surface area contributed by atoms with E-state index < -0.39 is 48.7 Å². The Morgan fingerprint density at radius 3 is 2.62 bits per heavy atom. The van der Waals surface area contributed by atoms with Gasteiger partial charge in [-0.3, -0.25) is 14.3 Å². The number of aliphatic hydroxyl groups is 3. The number of carbonyl (C=O) groups excluding carboxylic acids is 2. The second-order valence-corrected chi connectivity index (χ2v) is 6.14. The number of pyridine rings is 1. The minimum Gasteiger partial charge on any atom is -0.465 e. The summed E-state index contributed by atoms with van der Waals surface area (Å²) < 4.78 is 10.8. The van der Waals surface area contributed by atoms with Crippen molar-refractivity contribution in [2.75, 3.05) is 19.0 Å². The van der Waals surface area contributed by atoms with Crippen LogP contribution >= 0.6 is 0 Å². The Kier molecular flexibility index (Phi) is 5.98. The van der Waals surface area contributed by atoms with E-state index in [1.807, 2.05) is 0 Å². The number of hydrogen-bond acceptors (Lipinski definition) is 10. The van der Waals surface area contributed by atoms with Gasteiger partial charge in [0.2, 0.25) is 0 Å². The van der Waals surface area contributed by atoms with E-state index in [2.05, 4.69) is 20.0 Å². The lowest BCUT2D eigenvalue weighted by Crippen LogP contribution is -2.36. The highest BCUT2D eigenvalue weighted by atomic mass is 16.6. The highest BCUT2D eigenvalue weighted by molar-refractivity contribution is 6.04. The van der Waals surface area contributed by atoms with Gasteiger partial charge < -0.3 is 30.1 Å². The Bertz CT molecular complexity index is 978. The highest BCUT2D eigenvalue weighted by Gasteiger charge is 2.43. The van der Waals surface area contributed by atoms with E-state index in [4.69, 9.17) is 9.84 Å². The van der Waals surface area contributed by atoms with Crippen molar-refractivity contribution in [3.05, 3.63) is 52.3 Å². The fraction of sp³-hybridized carbons (Fsp3) is 0.353. The fourth-order valence-electron chi connectivity index (χ4n) is 2.77. The summed E-state index contributed by atoms with van der Waals surface area (Å²) in [5.41, 5.74) is -0.741. The Labute approximate surface area is 163 Å². The molecule has 4 N–H and O–H groups in total. The molecule has 2 aromatic heterocycles. The van der Waals surface area contributed by atoms with Gasteiger partial charge in [-0.15, -0.1) is 0 Å². The maximum atomic E-state index is 12.3. The van der Waals surface area contributed by atoms with Crippen molar-refractivity contribution >= 4 is 17.7 Å². The van der Waals surface area contributed by atoms with Gasteiger partial charge in [0.1, 0.15) is 24.1 Å². The lowest BCUT2D eigenvalue weighted by molar-refractivity contribution is -0.0549. The average Bonchev–Trinajstić information content (AvgIpc) is 3.01. The summed E-state index contributed by atoms with van der Waals surface area (Å²) in [5.74, 6) is -1.42. The maximum Gasteiger partial charge on any atom is 0.351 e. The van der Waals surface area contributed by atoms with Gasteiger partial charge >= 0.3 is 11.7 Å². The Morgan fingerprint density at radius 1 is 1.28 bits per heavy atom. The third-order valence-electron chi connectivity index (χ3n) is 4.28. The number of nitrogens with zero attached hydrogens (tertiary/aromatic N) is 3. The molecule has 0 radical (unpaired) electrons. The summed E-state index contributed by atoms with van der Waals surface area (Å²) in [6, 6.07) is 2.56. The quantitative estimate of drug-likeness (QED) is 0.419. The standard InChI is InChI=1S/C17H18N4O8/c1-28-16(26)9-4-8(5-18-6-9)14(25)19-11-2-3-21(17(27)20-11)15-13(24)12(23)10(7-22)29-15/h2-6,10,12-13,15,22-24H,7H2,1H3,(H,19,20,25,27). The first-order valence-corrected chi connectivity index (χ1v) is 8.42. The van der Waals surface area contributed by atoms with Crippen LogP contribution in [0.3, 0.4) is 0 Å². The number of nitrogens with one attached hydrogen (secondary N) is 1. The molecule has 2 aromatic rings. The van der Waals surface area contributed by atoms with Crippen LogP contribution in [-0.2, 0) is 9.47 Å². The molecule has 0 spiro atoms. The van der Waals surface area contributed by atoms with Crippen molar-refractivity contribution in [1.29, 1.82) is 0 Å². The average molecular weight is 406 g/mol. The van der Waals surface area contributed by atoms with Gasteiger partial charge in [0.15, 0.2) is 6.23 Å². The van der Waals surface area contributed by atoms with Gasteiger partial charge in [-0.05, 0) is 12.1 Å². The predicted molar refractivity (Wildman–Crippen MR) is 95.0 cm³/mol. The van der Waals surface area contributed by atoms with E-state index in [0.29, 0.717) is 0 Å². The van der Waals surface area contributed by atoms with Gasteiger partial charge in [0.25, 0.3) is 5.91 Å². The topological polar surface area (TPSA) is 173 Å². The molecule has 0 aliphatic carbocycles. The Balaban J connectivity index is 1.77. The third-order valence-corrected chi connectivity index (χ3v) is 4.28. The number of rotatable bonds is 5. The third kappa shape index (κ3) is 4.14. The number of amides is 1. The zero-order valence-electron chi connectivity index (χ0n) is 15.1. The van der Waals surface area contributed by atoms with Crippen molar-refractivity contribution in [2.24, 2.45) is 0 Å². The van der Waals surface area contributed by atoms with Crippen LogP contribution in [0.5, 0.6) is 0 Å². The second-order valence-electron chi connectivity index (χ2n) is 6.14. The number of esters is 1. The van der Waals surface area contributed by atoms with Crippen molar-refractivity contribution in [3.8, 4) is 0 Å². The molecule has 154 valence electrons.